The molecule has 2 amide bonds. The molecule has 1 heterocycles. The van der Waals surface area contributed by atoms with Crippen molar-refractivity contribution in [1.82, 2.24) is 4.31 Å². The van der Waals surface area contributed by atoms with Gasteiger partial charge in [-0.3, -0.25) is 9.59 Å². The van der Waals surface area contributed by atoms with Crippen LogP contribution < -0.4 is 10.6 Å². The number of anilines is 2. The fraction of sp³-hybridized carbons (Fsp3) is 0.222. The normalized spacial score (nSPS) is 16.6. The molecule has 1 atom stereocenters. The molecule has 0 saturated carbocycles. The van der Waals surface area contributed by atoms with Crippen molar-refractivity contribution >= 4 is 45.0 Å². The van der Waals surface area contributed by atoms with Crippen LogP contribution in [0.5, 0.6) is 0 Å². The molecule has 2 N–H and O–H groups in total. The molecule has 0 fully saturated rings. The predicted molar refractivity (Wildman–Crippen MR) is 105 cm³/mol. The number of carbonyl (C=O) groups excluding carboxylic acids is 2. The van der Waals surface area contributed by atoms with E-state index in [2.05, 4.69) is 10.6 Å². The topological polar surface area (TPSA) is 95.6 Å². The molecular formula is C18H19N3O4S2. The molecule has 2 aromatic rings. The maximum atomic E-state index is 12.3. The standard InChI is InChI=1S/C18H19N3O4S2/c1-21(2)27(24,25)13-9-7-12(8-10-13)19-17(22)11-16-18(23)20-14-5-3-4-6-15(14)26-16/h3-10,16H,11H2,1-2H3,(H,19,22)(H,20,23)/t16-/m0/s1. The van der Waals surface area contributed by atoms with Gasteiger partial charge in [0.1, 0.15) is 0 Å². The third-order valence-electron chi connectivity index (χ3n) is 3.99. The summed E-state index contributed by atoms with van der Waals surface area (Å²) < 4.78 is 25.2. The number of nitrogens with one attached hydrogen (secondary N) is 2. The van der Waals surface area contributed by atoms with Crippen LogP contribution in [0, 0.1) is 0 Å². The van der Waals surface area contributed by atoms with E-state index in [1.165, 1.54) is 50.1 Å². The number of thioether (sulfide) groups is 1. The van der Waals surface area contributed by atoms with E-state index in [4.69, 9.17) is 0 Å². The monoisotopic (exact) mass is 405 g/mol. The number of para-hydroxylation sites is 1. The molecule has 0 saturated heterocycles. The Balaban J connectivity index is 1.64. The first-order valence-corrected chi connectivity index (χ1v) is 10.5. The van der Waals surface area contributed by atoms with Crippen LogP contribution in [0.25, 0.3) is 0 Å². The quantitative estimate of drug-likeness (QED) is 0.796. The van der Waals surface area contributed by atoms with Crippen molar-refractivity contribution in [2.24, 2.45) is 0 Å². The zero-order valence-electron chi connectivity index (χ0n) is 14.8. The number of nitrogens with zero attached hydrogens (tertiary/aromatic N) is 1. The summed E-state index contributed by atoms with van der Waals surface area (Å²) in [6.45, 7) is 0. The van der Waals surface area contributed by atoms with E-state index in [0.717, 1.165) is 14.9 Å². The Hall–Kier alpha value is -2.36. The second kappa shape index (κ2) is 7.71. The number of hydrogen-bond donors (Lipinski definition) is 2. The lowest BCUT2D eigenvalue weighted by Crippen LogP contribution is -2.32. The van der Waals surface area contributed by atoms with Crippen molar-refractivity contribution in [2.45, 2.75) is 21.5 Å². The highest BCUT2D eigenvalue weighted by Crippen LogP contribution is 2.36. The number of benzene rings is 2. The van der Waals surface area contributed by atoms with Gasteiger partial charge in [-0.2, -0.15) is 0 Å². The summed E-state index contributed by atoms with van der Waals surface area (Å²) in [7, 11) is -0.607. The molecule has 2 aromatic carbocycles. The Bertz CT molecular complexity index is 972. The first-order chi connectivity index (χ1) is 12.8. The molecule has 9 heteroatoms. The first-order valence-electron chi connectivity index (χ1n) is 8.16. The summed E-state index contributed by atoms with van der Waals surface area (Å²) in [5.74, 6) is -0.522. The largest absolute Gasteiger partial charge is 0.326 e. The van der Waals surface area contributed by atoms with Crippen LogP contribution in [0.4, 0.5) is 11.4 Å². The van der Waals surface area contributed by atoms with Gasteiger partial charge in [0, 0.05) is 31.1 Å². The average molecular weight is 406 g/mol. The summed E-state index contributed by atoms with van der Waals surface area (Å²) in [6, 6.07) is 13.4. The third-order valence-corrected chi connectivity index (χ3v) is 7.10. The summed E-state index contributed by atoms with van der Waals surface area (Å²) in [6.07, 6.45) is 0.0165. The fourth-order valence-corrected chi connectivity index (χ4v) is 4.54. The van der Waals surface area contributed by atoms with Gasteiger partial charge in [-0.25, -0.2) is 12.7 Å². The Morgan fingerprint density at radius 2 is 1.81 bits per heavy atom. The highest BCUT2D eigenvalue weighted by molar-refractivity contribution is 8.01. The van der Waals surface area contributed by atoms with E-state index in [9.17, 15) is 18.0 Å². The van der Waals surface area contributed by atoms with Crippen LogP contribution >= 0.6 is 11.8 Å². The van der Waals surface area contributed by atoms with Crippen molar-refractivity contribution in [1.29, 1.82) is 0 Å². The van der Waals surface area contributed by atoms with Gasteiger partial charge in [0.2, 0.25) is 21.8 Å². The Labute approximate surface area is 162 Å². The fourth-order valence-electron chi connectivity index (χ4n) is 2.53. The van der Waals surface area contributed by atoms with Gasteiger partial charge in [-0.15, -0.1) is 11.8 Å². The van der Waals surface area contributed by atoms with Crippen LogP contribution in [0.3, 0.4) is 0 Å². The second-order valence-electron chi connectivity index (χ2n) is 6.16. The maximum absolute atomic E-state index is 12.3. The summed E-state index contributed by atoms with van der Waals surface area (Å²) in [4.78, 5) is 25.5. The van der Waals surface area contributed by atoms with Gasteiger partial charge < -0.3 is 10.6 Å². The maximum Gasteiger partial charge on any atom is 0.242 e. The summed E-state index contributed by atoms with van der Waals surface area (Å²) in [5, 5.41) is 4.98. The smallest absolute Gasteiger partial charge is 0.242 e. The predicted octanol–water partition coefficient (Wildman–Crippen LogP) is 2.38. The Morgan fingerprint density at radius 3 is 2.48 bits per heavy atom. The number of hydrogen-bond acceptors (Lipinski definition) is 5. The molecule has 0 aliphatic carbocycles. The van der Waals surface area contributed by atoms with Crippen molar-refractivity contribution < 1.29 is 18.0 Å². The summed E-state index contributed by atoms with van der Waals surface area (Å²) in [5.41, 5.74) is 1.22. The van der Waals surface area contributed by atoms with Crippen molar-refractivity contribution in [3.8, 4) is 0 Å². The molecule has 27 heavy (non-hydrogen) atoms. The van der Waals surface area contributed by atoms with E-state index in [-0.39, 0.29) is 23.1 Å². The van der Waals surface area contributed by atoms with Crippen LogP contribution in [-0.4, -0.2) is 43.9 Å². The van der Waals surface area contributed by atoms with Crippen LogP contribution in [-0.2, 0) is 19.6 Å². The molecule has 7 nitrogen and oxygen atoms in total. The molecule has 1 aliphatic rings. The molecule has 0 aromatic heterocycles. The van der Waals surface area contributed by atoms with Crippen LogP contribution in [0.15, 0.2) is 58.3 Å². The van der Waals surface area contributed by atoms with Crippen molar-refractivity contribution in [3.63, 3.8) is 0 Å². The number of fused-ring (bicyclic) bond motifs is 1. The SMILES string of the molecule is CN(C)S(=O)(=O)c1ccc(NC(=O)C[C@@H]2Sc3ccccc3NC2=O)cc1. The summed E-state index contributed by atoms with van der Waals surface area (Å²) >= 11 is 1.36. The van der Waals surface area contributed by atoms with Gasteiger partial charge in [-0.1, -0.05) is 12.1 Å². The van der Waals surface area contributed by atoms with Gasteiger partial charge in [0.15, 0.2) is 0 Å². The lowest BCUT2D eigenvalue weighted by molar-refractivity contribution is -0.120. The van der Waals surface area contributed by atoms with Crippen molar-refractivity contribution in [3.05, 3.63) is 48.5 Å². The third kappa shape index (κ3) is 4.32. The lowest BCUT2D eigenvalue weighted by Gasteiger charge is -2.23. The van der Waals surface area contributed by atoms with Gasteiger partial charge in [0.05, 0.1) is 15.8 Å². The zero-order chi connectivity index (χ0) is 19.6. The average Bonchev–Trinajstić information content (AvgIpc) is 2.62. The number of amides is 2. The Kier molecular flexibility index (Phi) is 5.54. The lowest BCUT2D eigenvalue weighted by atomic mass is 10.2. The van der Waals surface area contributed by atoms with Gasteiger partial charge in [0.25, 0.3) is 0 Å². The minimum absolute atomic E-state index is 0.0165. The highest BCUT2D eigenvalue weighted by atomic mass is 32.2. The molecular weight excluding hydrogens is 386 g/mol. The first kappa shape index (κ1) is 19.4. The number of carbonyl (C=O) groups is 2. The van der Waals surface area contributed by atoms with E-state index >= 15 is 0 Å². The van der Waals surface area contributed by atoms with Crippen LogP contribution in [0.2, 0.25) is 0 Å². The molecule has 0 radical (unpaired) electrons. The van der Waals surface area contributed by atoms with E-state index in [1.807, 2.05) is 24.3 Å². The van der Waals surface area contributed by atoms with E-state index in [1.54, 1.807) is 0 Å². The Morgan fingerprint density at radius 1 is 1.15 bits per heavy atom. The van der Waals surface area contributed by atoms with E-state index < -0.39 is 15.3 Å². The minimum atomic E-state index is -3.52. The molecule has 0 unspecified atom stereocenters. The minimum Gasteiger partial charge on any atom is -0.326 e. The van der Waals surface area contributed by atoms with Gasteiger partial charge in [-0.05, 0) is 36.4 Å². The molecule has 0 spiro atoms. The molecule has 3 rings (SSSR count). The van der Waals surface area contributed by atoms with E-state index in [0.29, 0.717) is 5.69 Å². The molecule has 1 aliphatic heterocycles. The number of rotatable bonds is 5. The highest BCUT2D eigenvalue weighted by Gasteiger charge is 2.28. The molecule has 142 valence electrons. The zero-order valence-corrected chi connectivity index (χ0v) is 16.4. The second-order valence-corrected chi connectivity index (χ2v) is 9.55. The number of sulfonamides is 1. The van der Waals surface area contributed by atoms with Crippen LogP contribution in [0.1, 0.15) is 6.42 Å². The molecule has 0 bridgehead atoms. The van der Waals surface area contributed by atoms with Gasteiger partial charge >= 0.3 is 0 Å². The van der Waals surface area contributed by atoms with Crippen molar-refractivity contribution in [2.75, 3.05) is 24.7 Å².